The van der Waals surface area contributed by atoms with E-state index in [0.717, 1.165) is 6.20 Å². The summed E-state index contributed by atoms with van der Waals surface area (Å²) in [4.78, 5) is 19.7. The van der Waals surface area contributed by atoms with Crippen LogP contribution in [0.15, 0.2) is 42.6 Å². The molecular formula is C15H8ClFN2O2. The van der Waals surface area contributed by atoms with Crippen LogP contribution in [0.25, 0.3) is 22.3 Å². The van der Waals surface area contributed by atoms with E-state index in [0.29, 0.717) is 27.3 Å². The van der Waals surface area contributed by atoms with Crippen LogP contribution in [0.1, 0.15) is 10.4 Å². The van der Waals surface area contributed by atoms with Crippen molar-refractivity contribution in [3.05, 3.63) is 59.0 Å². The summed E-state index contributed by atoms with van der Waals surface area (Å²) in [5, 5.41) is 10.0. The van der Waals surface area contributed by atoms with Gasteiger partial charge in [-0.15, -0.1) is 0 Å². The van der Waals surface area contributed by atoms with Gasteiger partial charge in [-0.2, -0.15) is 0 Å². The van der Waals surface area contributed by atoms with Crippen LogP contribution in [0.5, 0.6) is 0 Å². The molecule has 1 aromatic carbocycles. The third-order valence-electron chi connectivity index (χ3n) is 3.00. The van der Waals surface area contributed by atoms with E-state index in [4.69, 9.17) is 11.6 Å². The molecule has 3 rings (SSSR count). The first-order valence-electron chi connectivity index (χ1n) is 6.01. The fraction of sp³-hybridized carbons (Fsp3) is 0. The van der Waals surface area contributed by atoms with Crippen LogP contribution >= 0.6 is 11.6 Å². The third-order valence-corrected chi connectivity index (χ3v) is 3.32. The van der Waals surface area contributed by atoms with Crippen molar-refractivity contribution in [2.45, 2.75) is 0 Å². The molecule has 4 nitrogen and oxygen atoms in total. The summed E-state index contributed by atoms with van der Waals surface area (Å²) in [5.74, 6) is -1.58. The molecule has 0 unspecified atom stereocenters. The topological polar surface area (TPSA) is 63.1 Å². The molecule has 0 aliphatic rings. The molecule has 0 aliphatic heterocycles. The fourth-order valence-corrected chi connectivity index (χ4v) is 2.34. The number of carboxylic acids is 1. The second kappa shape index (κ2) is 5.10. The number of aromatic nitrogens is 2. The monoisotopic (exact) mass is 302 g/mol. The van der Waals surface area contributed by atoms with E-state index in [-0.39, 0.29) is 5.56 Å². The Hall–Kier alpha value is -2.53. The predicted octanol–water partition coefficient (Wildman–Crippen LogP) is 3.79. The van der Waals surface area contributed by atoms with Crippen LogP contribution in [0.2, 0.25) is 5.02 Å². The van der Waals surface area contributed by atoms with Gasteiger partial charge in [-0.25, -0.2) is 14.2 Å². The molecule has 104 valence electrons. The van der Waals surface area contributed by atoms with Gasteiger partial charge < -0.3 is 5.11 Å². The average Bonchev–Trinajstić information content (AvgIpc) is 2.47. The smallest absolute Gasteiger partial charge is 0.336 e. The number of hydrogen-bond acceptors (Lipinski definition) is 3. The van der Waals surface area contributed by atoms with Gasteiger partial charge in [0, 0.05) is 5.39 Å². The van der Waals surface area contributed by atoms with Crippen LogP contribution < -0.4 is 0 Å². The van der Waals surface area contributed by atoms with Crippen LogP contribution in [-0.4, -0.2) is 21.0 Å². The van der Waals surface area contributed by atoms with Crippen LogP contribution in [0, 0.1) is 5.82 Å². The zero-order valence-electron chi connectivity index (χ0n) is 10.5. The molecule has 2 aromatic heterocycles. The van der Waals surface area contributed by atoms with Crippen molar-refractivity contribution in [3.8, 4) is 11.4 Å². The summed E-state index contributed by atoms with van der Waals surface area (Å²) in [5.41, 5.74) is 1.22. The number of rotatable bonds is 2. The maximum absolute atomic E-state index is 12.9. The van der Waals surface area contributed by atoms with Crippen molar-refractivity contribution < 1.29 is 14.3 Å². The number of benzene rings is 1. The molecule has 21 heavy (non-hydrogen) atoms. The Bertz CT molecular complexity index is 850. The number of pyridine rings is 2. The van der Waals surface area contributed by atoms with Gasteiger partial charge in [0.15, 0.2) is 0 Å². The highest BCUT2D eigenvalue weighted by Crippen LogP contribution is 2.29. The molecule has 0 saturated heterocycles. The van der Waals surface area contributed by atoms with Crippen LogP contribution in [0.3, 0.4) is 0 Å². The Morgan fingerprint density at radius 1 is 1.19 bits per heavy atom. The second-order valence-corrected chi connectivity index (χ2v) is 4.76. The minimum absolute atomic E-state index is 0.0340. The SMILES string of the molecule is O=C(O)c1cc(-c2ccc(F)cn2)nc2cccc(Cl)c12. The van der Waals surface area contributed by atoms with Crippen LogP contribution in [-0.2, 0) is 0 Å². The molecule has 0 fully saturated rings. The lowest BCUT2D eigenvalue weighted by molar-refractivity contribution is 0.0699. The first kappa shape index (κ1) is 13.5. The van der Waals surface area contributed by atoms with Gasteiger partial charge in [-0.3, -0.25) is 4.98 Å². The van der Waals surface area contributed by atoms with Gasteiger partial charge in [-0.1, -0.05) is 17.7 Å². The van der Waals surface area contributed by atoms with Crippen molar-refractivity contribution in [2.75, 3.05) is 0 Å². The van der Waals surface area contributed by atoms with Crippen LogP contribution in [0.4, 0.5) is 4.39 Å². The molecule has 0 bridgehead atoms. The van der Waals surface area contributed by atoms with Gasteiger partial charge in [0.1, 0.15) is 5.82 Å². The first-order valence-corrected chi connectivity index (χ1v) is 6.38. The number of aromatic carboxylic acids is 1. The molecule has 1 N–H and O–H groups in total. The molecule has 3 aromatic rings. The molecule has 2 heterocycles. The average molecular weight is 303 g/mol. The normalized spacial score (nSPS) is 10.8. The van der Waals surface area contributed by atoms with Gasteiger partial charge >= 0.3 is 5.97 Å². The zero-order valence-corrected chi connectivity index (χ0v) is 11.3. The van der Waals surface area contributed by atoms with E-state index in [1.54, 1.807) is 18.2 Å². The first-order chi connectivity index (χ1) is 10.1. The van der Waals surface area contributed by atoms with E-state index < -0.39 is 11.8 Å². The largest absolute Gasteiger partial charge is 0.478 e. The van der Waals surface area contributed by atoms with E-state index in [9.17, 15) is 14.3 Å². The quantitative estimate of drug-likeness (QED) is 0.782. The number of nitrogens with zero attached hydrogens (tertiary/aromatic N) is 2. The minimum Gasteiger partial charge on any atom is -0.478 e. The number of carboxylic acid groups (broad SMARTS) is 1. The number of halogens is 2. The van der Waals surface area contributed by atoms with Crippen molar-refractivity contribution in [3.63, 3.8) is 0 Å². The predicted molar refractivity (Wildman–Crippen MR) is 76.9 cm³/mol. The summed E-state index contributed by atoms with van der Waals surface area (Å²) < 4.78 is 12.9. The summed E-state index contributed by atoms with van der Waals surface area (Å²) >= 11 is 6.06. The molecule has 0 radical (unpaired) electrons. The Kier molecular flexibility index (Phi) is 3.27. The maximum Gasteiger partial charge on any atom is 0.336 e. The lowest BCUT2D eigenvalue weighted by Crippen LogP contribution is -2.01. The van der Waals surface area contributed by atoms with Crippen molar-refractivity contribution in [2.24, 2.45) is 0 Å². The van der Waals surface area contributed by atoms with E-state index in [1.807, 2.05) is 0 Å². The number of hydrogen-bond donors (Lipinski definition) is 1. The van der Waals surface area contributed by atoms with Crippen molar-refractivity contribution in [1.29, 1.82) is 0 Å². The molecule has 6 heteroatoms. The molecule has 0 spiro atoms. The zero-order chi connectivity index (χ0) is 15.0. The van der Waals surface area contributed by atoms with Gasteiger partial charge in [-0.05, 0) is 30.3 Å². The highest BCUT2D eigenvalue weighted by Gasteiger charge is 2.15. The molecule has 0 saturated carbocycles. The summed E-state index contributed by atoms with van der Waals surface area (Å²) in [6, 6.07) is 9.03. The van der Waals surface area contributed by atoms with E-state index in [1.165, 1.54) is 18.2 Å². The highest BCUT2D eigenvalue weighted by atomic mass is 35.5. The van der Waals surface area contributed by atoms with Gasteiger partial charge in [0.05, 0.1) is 33.7 Å². The molecular weight excluding hydrogens is 295 g/mol. The molecule has 0 amide bonds. The lowest BCUT2D eigenvalue weighted by Gasteiger charge is -2.07. The Balaban J connectivity index is 2.31. The standard InChI is InChI=1S/C15H8ClFN2O2/c16-10-2-1-3-12-14(10)9(15(20)21)6-13(19-12)11-5-4-8(17)7-18-11/h1-7H,(H,20,21). The van der Waals surface area contributed by atoms with E-state index in [2.05, 4.69) is 9.97 Å². The van der Waals surface area contributed by atoms with Crippen molar-refractivity contribution in [1.82, 2.24) is 9.97 Å². The Morgan fingerprint density at radius 3 is 2.67 bits per heavy atom. The lowest BCUT2D eigenvalue weighted by atomic mass is 10.1. The number of fused-ring (bicyclic) bond motifs is 1. The summed E-state index contributed by atoms with van der Waals surface area (Å²) in [6.45, 7) is 0. The minimum atomic E-state index is -1.11. The Labute approximate surface area is 123 Å². The van der Waals surface area contributed by atoms with Gasteiger partial charge in [0.2, 0.25) is 0 Å². The Morgan fingerprint density at radius 2 is 2.00 bits per heavy atom. The fourth-order valence-electron chi connectivity index (χ4n) is 2.07. The summed E-state index contributed by atoms with van der Waals surface area (Å²) in [6.07, 6.45) is 1.06. The third kappa shape index (κ3) is 2.43. The molecule has 0 aliphatic carbocycles. The maximum atomic E-state index is 12.9. The van der Waals surface area contributed by atoms with Gasteiger partial charge in [0.25, 0.3) is 0 Å². The van der Waals surface area contributed by atoms with Crippen molar-refractivity contribution >= 4 is 28.5 Å². The van der Waals surface area contributed by atoms with E-state index >= 15 is 0 Å². The number of carbonyl (C=O) groups is 1. The highest BCUT2D eigenvalue weighted by molar-refractivity contribution is 6.36. The second-order valence-electron chi connectivity index (χ2n) is 4.36. The molecule has 0 atom stereocenters. The summed E-state index contributed by atoms with van der Waals surface area (Å²) in [7, 11) is 0.